The molecule has 0 bridgehead atoms. The Morgan fingerprint density at radius 2 is 1.74 bits per heavy atom. The van der Waals surface area contributed by atoms with Gasteiger partial charge in [0.25, 0.3) is 8.53 Å². The number of benzene rings is 2. The molecular formula is C30H38N3O4P. The van der Waals surface area contributed by atoms with Crippen molar-refractivity contribution >= 4 is 20.2 Å². The van der Waals surface area contributed by atoms with E-state index in [9.17, 15) is 4.79 Å². The Balaban J connectivity index is 1.31. The molecule has 2 aliphatic carbocycles. The molecule has 0 heterocycles. The fourth-order valence-electron chi connectivity index (χ4n) is 5.02. The molecule has 202 valence electrons. The van der Waals surface area contributed by atoms with Crippen LogP contribution in [0.3, 0.4) is 0 Å². The van der Waals surface area contributed by atoms with Crippen LogP contribution in [0.15, 0.2) is 54.6 Å². The summed E-state index contributed by atoms with van der Waals surface area (Å²) < 4.78 is 20.2. The number of nitrogens with one attached hydrogen (secondary N) is 1. The van der Waals surface area contributed by atoms with E-state index in [1.807, 2.05) is 18.2 Å². The Kier molecular flexibility index (Phi) is 9.93. The van der Waals surface area contributed by atoms with E-state index >= 15 is 0 Å². The van der Waals surface area contributed by atoms with E-state index in [1.165, 1.54) is 22.3 Å². The van der Waals surface area contributed by atoms with Crippen molar-refractivity contribution in [2.75, 3.05) is 19.8 Å². The summed E-state index contributed by atoms with van der Waals surface area (Å²) in [5.74, 6) is 0.292. The highest BCUT2D eigenvalue weighted by Crippen LogP contribution is 2.51. The number of hydrogen-bond acceptors (Lipinski definition) is 6. The van der Waals surface area contributed by atoms with E-state index in [4.69, 9.17) is 19.0 Å². The van der Waals surface area contributed by atoms with Crippen LogP contribution < -0.4 is 5.32 Å². The molecule has 38 heavy (non-hydrogen) atoms. The van der Waals surface area contributed by atoms with Gasteiger partial charge in [-0.25, -0.2) is 9.46 Å². The lowest BCUT2D eigenvalue weighted by Crippen LogP contribution is -2.34. The molecular weight excluding hydrogens is 497 g/mol. The normalized spacial score (nSPS) is 18.4. The molecule has 1 amide bonds. The van der Waals surface area contributed by atoms with Gasteiger partial charge in [-0.05, 0) is 61.9 Å². The van der Waals surface area contributed by atoms with Crippen molar-refractivity contribution in [2.45, 2.75) is 71.1 Å². The number of amides is 1. The minimum absolute atomic E-state index is 0.245. The van der Waals surface area contributed by atoms with Crippen LogP contribution in [-0.4, -0.2) is 42.6 Å². The molecule has 4 rings (SSSR count). The maximum absolute atomic E-state index is 12.8. The zero-order valence-corrected chi connectivity index (χ0v) is 23.6. The number of rotatable bonds is 12. The number of carbonyl (C=O) groups excluding carboxylic acids is 1. The minimum Gasteiger partial charge on any atom is -0.441 e. The SMILES string of the molecule is CC(C)N(C(C)C)P(OCCC#N)OCCCNC(=O)OC1Cc2ccccc2C2=CC2c2ccccc21. The topological polar surface area (TPSA) is 83.8 Å². The zero-order chi connectivity index (χ0) is 27.1. The molecule has 3 atom stereocenters. The second kappa shape index (κ2) is 13.4. The maximum atomic E-state index is 12.8. The summed E-state index contributed by atoms with van der Waals surface area (Å²) in [5, 5.41) is 11.8. The van der Waals surface area contributed by atoms with Crippen LogP contribution in [0.25, 0.3) is 5.57 Å². The number of allylic oxidation sites excluding steroid dienone is 2. The van der Waals surface area contributed by atoms with Crippen LogP contribution >= 0.6 is 8.53 Å². The van der Waals surface area contributed by atoms with Crippen LogP contribution in [0.2, 0.25) is 0 Å². The number of alkyl carbamates (subject to hydrolysis) is 1. The fourth-order valence-corrected chi connectivity index (χ4v) is 6.65. The van der Waals surface area contributed by atoms with Gasteiger partial charge in [0, 0.05) is 31.0 Å². The monoisotopic (exact) mass is 535 g/mol. The van der Waals surface area contributed by atoms with Gasteiger partial charge in [-0.2, -0.15) is 5.26 Å². The predicted molar refractivity (Wildman–Crippen MR) is 150 cm³/mol. The second-order valence-corrected chi connectivity index (χ2v) is 11.6. The number of hydrogen-bond donors (Lipinski definition) is 1. The van der Waals surface area contributed by atoms with Gasteiger partial charge in [-0.3, -0.25) is 0 Å². The lowest BCUT2D eigenvalue weighted by molar-refractivity contribution is 0.0964. The first-order valence-electron chi connectivity index (χ1n) is 13.4. The molecule has 8 heteroatoms. The quantitative estimate of drug-likeness (QED) is 0.236. The smallest absolute Gasteiger partial charge is 0.407 e. The molecule has 2 aromatic carbocycles. The molecule has 2 aromatic rings. The molecule has 0 saturated carbocycles. The first kappa shape index (κ1) is 28.3. The Labute approximate surface area is 227 Å². The molecule has 3 unspecified atom stereocenters. The minimum atomic E-state index is -1.29. The first-order chi connectivity index (χ1) is 18.4. The molecule has 0 aliphatic heterocycles. The molecule has 1 N–H and O–H groups in total. The van der Waals surface area contributed by atoms with E-state index in [2.05, 4.69) is 80.2 Å². The van der Waals surface area contributed by atoms with E-state index in [0.29, 0.717) is 44.9 Å². The van der Waals surface area contributed by atoms with Gasteiger partial charge < -0.3 is 19.1 Å². The lowest BCUT2D eigenvalue weighted by Gasteiger charge is -2.35. The summed E-state index contributed by atoms with van der Waals surface area (Å²) >= 11 is 0. The molecule has 0 fully saturated rings. The third-order valence-corrected chi connectivity index (χ3v) is 8.80. The highest BCUT2D eigenvalue weighted by Gasteiger charge is 2.36. The standard InChI is InChI=1S/C30H38N3O4P/c1-21(2)33(22(3)4)38(35-17-9-15-31)36-18-10-16-32-30(34)37-29-19-23-11-5-6-12-24(23)27-20-28(27)25-13-7-8-14-26(25)29/h5-8,11-14,20-22,28-29H,9-10,16-19H2,1-4H3,(H,32,34). The molecule has 0 radical (unpaired) electrons. The fraction of sp³-hybridized carbons (Fsp3) is 0.467. The van der Waals surface area contributed by atoms with Gasteiger partial charge in [0.15, 0.2) is 0 Å². The van der Waals surface area contributed by atoms with Crippen molar-refractivity contribution < 1.29 is 18.6 Å². The van der Waals surface area contributed by atoms with Crippen molar-refractivity contribution in [1.29, 1.82) is 5.26 Å². The third-order valence-electron chi connectivity index (χ3n) is 6.69. The molecule has 0 aromatic heterocycles. The number of nitriles is 1. The highest BCUT2D eigenvalue weighted by atomic mass is 31.2. The van der Waals surface area contributed by atoms with Gasteiger partial charge in [-0.1, -0.05) is 54.6 Å². The average molecular weight is 536 g/mol. The summed E-state index contributed by atoms with van der Waals surface area (Å²) in [4.78, 5) is 12.8. The molecule has 7 nitrogen and oxygen atoms in total. The molecule has 0 spiro atoms. The van der Waals surface area contributed by atoms with Gasteiger partial charge in [0.2, 0.25) is 0 Å². The summed E-state index contributed by atoms with van der Waals surface area (Å²) in [7, 11) is -1.29. The summed E-state index contributed by atoms with van der Waals surface area (Å²) in [6.45, 7) is 9.64. The van der Waals surface area contributed by atoms with Gasteiger partial charge >= 0.3 is 6.09 Å². The zero-order valence-electron chi connectivity index (χ0n) is 22.7. The first-order valence-corrected chi connectivity index (χ1v) is 14.6. The number of carbonyl (C=O) groups is 1. The summed E-state index contributed by atoms with van der Waals surface area (Å²) in [6, 6.07) is 19.3. The van der Waals surface area contributed by atoms with Crippen molar-refractivity contribution in [1.82, 2.24) is 9.99 Å². The summed E-state index contributed by atoms with van der Waals surface area (Å²) in [6.07, 6.45) is 3.10. The van der Waals surface area contributed by atoms with Crippen LogP contribution in [0, 0.1) is 11.3 Å². The van der Waals surface area contributed by atoms with Gasteiger partial charge in [-0.15, -0.1) is 0 Å². The third kappa shape index (κ3) is 7.01. The average Bonchev–Trinajstić information content (AvgIpc) is 3.67. The van der Waals surface area contributed by atoms with Crippen LogP contribution in [0.5, 0.6) is 0 Å². The predicted octanol–water partition coefficient (Wildman–Crippen LogP) is 6.87. The van der Waals surface area contributed by atoms with Crippen molar-refractivity contribution in [2.24, 2.45) is 0 Å². The number of nitrogens with zero attached hydrogens (tertiary/aromatic N) is 2. The van der Waals surface area contributed by atoms with Crippen molar-refractivity contribution in [3.63, 3.8) is 0 Å². The van der Waals surface area contributed by atoms with Crippen molar-refractivity contribution in [3.05, 3.63) is 76.9 Å². The Hall–Kier alpha value is -2.75. The molecule has 0 saturated heterocycles. The van der Waals surface area contributed by atoms with E-state index in [1.54, 1.807) is 0 Å². The van der Waals surface area contributed by atoms with E-state index in [0.717, 1.165) is 5.56 Å². The maximum Gasteiger partial charge on any atom is 0.407 e. The van der Waals surface area contributed by atoms with Crippen LogP contribution in [0.1, 0.15) is 74.8 Å². The largest absolute Gasteiger partial charge is 0.441 e. The Morgan fingerprint density at radius 3 is 2.47 bits per heavy atom. The van der Waals surface area contributed by atoms with Crippen LogP contribution in [0.4, 0.5) is 4.79 Å². The van der Waals surface area contributed by atoms with Gasteiger partial charge in [0.1, 0.15) is 6.10 Å². The highest BCUT2D eigenvalue weighted by molar-refractivity contribution is 7.44. The van der Waals surface area contributed by atoms with Crippen LogP contribution in [-0.2, 0) is 20.2 Å². The Morgan fingerprint density at radius 1 is 1.05 bits per heavy atom. The second-order valence-electron chi connectivity index (χ2n) is 10.1. The van der Waals surface area contributed by atoms with Crippen molar-refractivity contribution in [3.8, 4) is 6.07 Å². The summed E-state index contributed by atoms with van der Waals surface area (Å²) in [5.41, 5.74) is 6.10. The number of fused-ring (bicyclic) bond motifs is 5. The van der Waals surface area contributed by atoms with Gasteiger partial charge in [0.05, 0.1) is 25.7 Å². The molecule has 2 aliphatic rings. The van der Waals surface area contributed by atoms with E-state index < -0.39 is 14.6 Å². The number of ether oxygens (including phenoxy) is 1. The van der Waals surface area contributed by atoms with E-state index in [-0.39, 0.29) is 18.2 Å². The lowest BCUT2D eigenvalue weighted by atomic mass is 9.87. The Bertz CT molecular complexity index is 1170.